The molecule has 1 rings (SSSR count). The van der Waals surface area contributed by atoms with Gasteiger partial charge in [-0.1, -0.05) is 0 Å². The summed E-state index contributed by atoms with van der Waals surface area (Å²) >= 11 is 0. The molecule has 20 heavy (non-hydrogen) atoms. The Bertz CT molecular complexity index is 443. The van der Waals surface area contributed by atoms with E-state index in [1.165, 1.54) is 0 Å². The smallest absolute Gasteiger partial charge is 0.269 e. The third-order valence-electron chi connectivity index (χ3n) is 2.68. The van der Waals surface area contributed by atoms with Gasteiger partial charge in [0.1, 0.15) is 5.69 Å². The summed E-state index contributed by atoms with van der Waals surface area (Å²) in [6.45, 7) is 5.07. The first-order chi connectivity index (χ1) is 9.19. The Kier molecular flexibility index (Phi) is 5.67. The van der Waals surface area contributed by atoms with Crippen LogP contribution < -0.4 is 5.73 Å². The third kappa shape index (κ3) is 5.68. The second kappa shape index (κ2) is 6.83. The second-order valence-electron chi connectivity index (χ2n) is 5.75. The molecule has 1 atom stereocenters. The van der Waals surface area contributed by atoms with Gasteiger partial charge in [-0.3, -0.25) is 9.48 Å². The highest BCUT2D eigenvalue weighted by atomic mass is 16.5. The van der Waals surface area contributed by atoms with Crippen LogP contribution >= 0.6 is 0 Å². The van der Waals surface area contributed by atoms with Crippen molar-refractivity contribution in [2.45, 2.75) is 32.1 Å². The van der Waals surface area contributed by atoms with Gasteiger partial charge in [0.25, 0.3) is 5.91 Å². The first kappa shape index (κ1) is 16.6. The zero-order valence-electron chi connectivity index (χ0n) is 12.5. The standard InChI is InChI=1S/C13H24N4O3/c1-13(2,20-8-10(18)7-16(3)4)9-17-6-5-11(15-17)12(14)19/h5-6,10,18H,7-9H2,1-4H3,(H2,14,19)/t10-/m0/s1. The first-order valence-electron chi connectivity index (χ1n) is 6.49. The summed E-state index contributed by atoms with van der Waals surface area (Å²) in [4.78, 5) is 12.9. The number of aliphatic hydroxyl groups is 1. The Morgan fingerprint density at radius 3 is 2.75 bits per heavy atom. The molecule has 1 aromatic rings. The molecule has 0 aromatic carbocycles. The predicted molar refractivity (Wildman–Crippen MR) is 75.3 cm³/mol. The average molecular weight is 284 g/mol. The van der Waals surface area contributed by atoms with E-state index in [-0.39, 0.29) is 12.3 Å². The van der Waals surface area contributed by atoms with E-state index >= 15 is 0 Å². The fraction of sp³-hybridized carbons (Fsp3) is 0.692. The van der Waals surface area contributed by atoms with Crippen LogP contribution in [0, 0.1) is 0 Å². The maximum absolute atomic E-state index is 11.0. The highest BCUT2D eigenvalue weighted by Gasteiger charge is 2.22. The number of primary amides is 1. The number of aliphatic hydroxyl groups excluding tert-OH is 1. The number of carbonyl (C=O) groups is 1. The SMILES string of the molecule is CN(C)C[C@H](O)COC(C)(C)Cn1ccc(C(N)=O)n1. The fourth-order valence-electron chi connectivity index (χ4n) is 1.81. The molecule has 1 aromatic heterocycles. The molecule has 0 aliphatic carbocycles. The van der Waals surface area contributed by atoms with Crippen LogP contribution in [0.4, 0.5) is 0 Å². The molecule has 0 unspecified atom stereocenters. The summed E-state index contributed by atoms with van der Waals surface area (Å²) in [5.74, 6) is -0.552. The van der Waals surface area contributed by atoms with Gasteiger partial charge in [-0.2, -0.15) is 5.10 Å². The molecule has 0 saturated carbocycles. The van der Waals surface area contributed by atoms with Crippen molar-refractivity contribution >= 4 is 5.91 Å². The number of likely N-dealkylation sites (N-methyl/N-ethyl adjacent to an activating group) is 1. The van der Waals surface area contributed by atoms with Crippen molar-refractivity contribution in [2.24, 2.45) is 5.73 Å². The molecule has 7 heteroatoms. The summed E-state index contributed by atoms with van der Waals surface area (Å²) in [7, 11) is 3.78. The van der Waals surface area contributed by atoms with Gasteiger partial charge in [-0.05, 0) is 34.0 Å². The van der Waals surface area contributed by atoms with Crippen LogP contribution in [0.1, 0.15) is 24.3 Å². The van der Waals surface area contributed by atoms with E-state index in [0.717, 1.165) is 0 Å². The van der Waals surface area contributed by atoms with Gasteiger partial charge in [0.15, 0.2) is 0 Å². The van der Waals surface area contributed by atoms with Crippen LogP contribution in [0.2, 0.25) is 0 Å². The number of hydrogen-bond donors (Lipinski definition) is 2. The molecule has 0 bridgehead atoms. The van der Waals surface area contributed by atoms with Crippen molar-refractivity contribution in [2.75, 3.05) is 27.2 Å². The minimum absolute atomic E-state index is 0.230. The van der Waals surface area contributed by atoms with E-state index in [9.17, 15) is 9.90 Å². The average Bonchev–Trinajstić information content (AvgIpc) is 2.73. The summed E-state index contributed by atoms with van der Waals surface area (Å²) in [6.07, 6.45) is 1.14. The lowest BCUT2D eigenvalue weighted by Gasteiger charge is -2.27. The fourth-order valence-corrected chi connectivity index (χ4v) is 1.81. The van der Waals surface area contributed by atoms with Gasteiger partial charge in [-0.25, -0.2) is 0 Å². The molecular formula is C13H24N4O3. The number of hydrogen-bond acceptors (Lipinski definition) is 5. The van der Waals surface area contributed by atoms with E-state index in [4.69, 9.17) is 10.5 Å². The van der Waals surface area contributed by atoms with Crippen LogP contribution in [0.5, 0.6) is 0 Å². The van der Waals surface area contributed by atoms with E-state index in [0.29, 0.717) is 13.1 Å². The Morgan fingerprint density at radius 2 is 2.25 bits per heavy atom. The summed E-state index contributed by atoms with van der Waals surface area (Å²) in [5, 5.41) is 13.8. The molecule has 0 saturated heterocycles. The number of rotatable bonds is 8. The molecule has 0 aliphatic heterocycles. The van der Waals surface area contributed by atoms with Gasteiger partial charge in [0, 0.05) is 12.7 Å². The molecule has 0 spiro atoms. The van der Waals surface area contributed by atoms with Crippen LogP contribution in [0.15, 0.2) is 12.3 Å². The Hall–Kier alpha value is -1.44. The molecule has 0 radical (unpaired) electrons. The molecular weight excluding hydrogens is 260 g/mol. The molecule has 1 amide bonds. The molecule has 0 fully saturated rings. The summed E-state index contributed by atoms with van der Waals surface area (Å²) in [5.41, 5.74) is 4.88. The highest BCUT2D eigenvalue weighted by Crippen LogP contribution is 2.13. The largest absolute Gasteiger partial charge is 0.389 e. The van der Waals surface area contributed by atoms with Crippen LogP contribution in [0.25, 0.3) is 0 Å². The normalized spacial score (nSPS) is 13.7. The lowest BCUT2D eigenvalue weighted by Crippen LogP contribution is -2.37. The van der Waals surface area contributed by atoms with Crippen molar-refractivity contribution in [3.63, 3.8) is 0 Å². The van der Waals surface area contributed by atoms with Gasteiger partial charge in [0.2, 0.25) is 0 Å². The molecule has 0 aliphatic rings. The number of amides is 1. The van der Waals surface area contributed by atoms with Crippen LogP contribution in [-0.2, 0) is 11.3 Å². The van der Waals surface area contributed by atoms with Crippen molar-refractivity contribution in [1.29, 1.82) is 0 Å². The molecule has 7 nitrogen and oxygen atoms in total. The van der Waals surface area contributed by atoms with E-state index in [1.54, 1.807) is 16.9 Å². The second-order valence-corrected chi connectivity index (χ2v) is 5.75. The van der Waals surface area contributed by atoms with Gasteiger partial charge in [0.05, 0.1) is 24.9 Å². The van der Waals surface area contributed by atoms with E-state index in [1.807, 2.05) is 32.8 Å². The van der Waals surface area contributed by atoms with E-state index < -0.39 is 17.6 Å². The maximum atomic E-state index is 11.0. The minimum atomic E-state index is -0.552. The lowest BCUT2D eigenvalue weighted by molar-refractivity contribution is -0.0727. The summed E-state index contributed by atoms with van der Waals surface area (Å²) in [6, 6.07) is 1.57. The Morgan fingerprint density at radius 1 is 1.60 bits per heavy atom. The minimum Gasteiger partial charge on any atom is -0.389 e. The molecule has 1 heterocycles. The van der Waals surface area contributed by atoms with Gasteiger partial charge < -0.3 is 20.5 Å². The lowest BCUT2D eigenvalue weighted by atomic mass is 10.1. The van der Waals surface area contributed by atoms with Crippen LogP contribution in [0.3, 0.4) is 0 Å². The number of nitrogens with two attached hydrogens (primary N) is 1. The van der Waals surface area contributed by atoms with Crippen molar-refractivity contribution in [3.05, 3.63) is 18.0 Å². The number of carbonyl (C=O) groups excluding carboxylic acids is 1. The monoisotopic (exact) mass is 284 g/mol. The van der Waals surface area contributed by atoms with Crippen molar-refractivity contribution < 1.29 is 14.6 Å². The quantitative estimate of drug-likeness (QED) is 0.683. The van der Waals surface area contributed by atoms with Crippen molar-refractivity contribution in [1.82, 2.24) is 14.7 Å². The number of nitrogens with zero attached hydrogens (tertiary/aromatic N) is 3. The van der Waals surface area contributed by atoms with E-state index in [2.05, 4.69) is 5.10 Å². The topological polar surface area (TPSA) is 93.6 Å². The number of aromatic nitrogens is 2. The number of ether oxygens (including phenoxy) is 1. The Labute approximate surface area is 119 Å². The Balaban J connectivity index is 2.49. The van der Waals surface area contributed by atoms with Gasteiger partial charge >= 0.3 is 0 Å². The summed E-state index contributed by atoms with van der Waals surface area (Å²) < 4.78 is 7.32. The third-order valence-corrected chi connectivity index (χ3v) is 2.68. The molecule has 3 N–H and O–H groups in total. The van der Waals surface area contributed by atoms with Crippen molar-refractivity contribution in [3.8, 4) is 0 Å². The first-order valence-corrected chi connectivity index (χ1v) is 6.49. The van der Waals surface area contributed by atoms with Gasteiger partial charge in [-0.15, -0.1) is 0 Å². The predicted octanol–water partition coefficient (Wildman–Crippen LogP) is -0.300. The maximum Gasteiger partial charge on any atom is 0.269 e. The highest BCUT2D eigenvalue weighted by molar-refractivity contribution is 5.90. The molecule has 114 valence electrons. The zero-order valence-corrected chi connectivity index (χ0v) is 12.5. The van der Waals surface area contributed by atoms with Crippen LogP contribution in [-0.4, -0.2) is 64.6 Å². The zero-order chi connectivity index (χ0) is 15.3.